The number of nitro benzene ring substituents is 1. The normalized spacial score (nSPS) is 13.2. The third-order valence-electron chi connectivity index (χ3n) is 5.03. The van der Waals surface area contributed by atoms with Crippen molar-refractivity contribution >= 4 is 23.1 Å². The van der Waals surface area contributed by atoms with Gasteiger partial charge in [-0.2, -0.15) is 0 Å². The van der Waals surface area contributed by atoms with Gasteiger partial charge in [-0.3, -0.25) is 19.7 Å². The molecule has 1 fully saturated rings. The molecule has 1 saturated carbocycles. The molecule has 0 atom stereocenters. The van der Waals surface area contributed by atoms with Gasteiger partial charge in [0.05, 0.1) is 4.92 Å². The number of nitro groups is 1. The lowest BCUT2D eigenvalue weighted by atomic mass is 10.1. The van der Waals surface area contributed by atoms with Gasteiger partial charge in [0.25, 0.3) is 5.69 Å². The molecule has 2 aromatic rings. The molecule has 1 aliphatic rings. The van der Waals surface area contributed by atoms with Crippen molar-refractivity contribution in [3.63, 3.8) is 0 Å². The van der Waals surface area contributed by atoms with Crippen LogP contribution in [0.25, 0.3) is 0 Å². The van der Waals surface area contributed by atoms with Crippen molar-refractivity contribution in [1.82, 2.24) is 4.57 Å². The SMILES string of the molecule is Cc1cc(C(=O)COC(=O)CCCNc2ccccc2[N+](=O)[O-])c(C)n1C1CC1. The van der Waals surface area contributed by atoms with E-state index in [2.05, 4.69) is 9.88 Å². The Morgan fingerprint density at radius 2 is 2.00 bits per heavy atom. The Bertz CT molecular complexity index is 930. The first kappa shape index (κ1) is 20.6. The topological polar surface area (TPSA) is 103 Å². The van der Waals surface area contributed by atoms with Crippen LogP contribution in [-0.4, -0.2) is 34.4 Å². The van der Waals surface area contributed by atoms with E-state index in [1.165, 1.54) is 6.07 Å². The number of hydrogen-bond donors (Lipinski definition) is 1. The molecule has 8 nitrogen and oxygen atoms in total. The average molecular weight is 399 g/mol. The molecule has 1 heterocycles. The highest BCUT2D eigenvalue weighted by molar-refractivity contribution is 5.99. The van der Waals surface area contributed by atoms with E-state index in [-0.39, 0.29) is 24.5 Å². The lowest BCUT2D eigenvalue weighted by molar-refractivity contribution is -0.384. The van der Waals surface area contributed by atoms with Crippen molar-refractivity contribution in [2.75, 3.05) is 18.5 Å². The molecule has 1 aliphatic carbocycles. The summed E-state index contributed by atoms with van der Waals surface area (Å²) in [5.74, 6) is -0.657. The van der Waals surface area contributed by atoms with Crippen LogP contribution in [0.3, 0.4) is 0 Å². The fraction of sp³-hybridized carbons (Fsp3) is 0.429. The summed E-state index contributed by atoms with van der Waals surface area (Å²) in [7, 11) is 0. The maximum Gasteiger partial charge on any atom is 0.306 e. The zero-order chi connectivity index (χ0) is 21.0. The second-order valence-electron chi connectivity index (χ2n) is 7.27. The summed E-state index contributed by atoms with van der Waals surface area (Å²) in [5, 5.41) is 13.9. The molecule has 154 valence electrons. The van der Waals surface area contributed by atoms with Crippen LogP contribution in [0.5, 0.6) is 0 Å². The van der Waals surface area contributed by atoms with Gasteiger partial charge in [-0.25, -0.2) is 0 Å². The molecule has 1 aromatic carbocycles. The van der Waals surface area contributed by atoms with Crippen LogP contribution in [0.4, 0.5) is 11.4 Å². The number of ether oxygens (including phenoxy) is 1. The number of para-hydroxylation sites is 2. The highest BCUT2D eigenvalue weighted by Crippen LogP contribution is 2.38. The predicted molar refractivity (Wildman–Crippen MR) is 108 cm³/mol. The first-order valence-electron chi connectivity index (χ1n) is 9.73. The van der Waals surface area contributed by atoms with Crippen LogP contribution in [0.15, 0.2) is 30.3 Å². The second kappa shape index (κ2) is 8.89. The van der Waals surface area contributed by atoms with Gasteiger partial charge in [0.2, 0.25) is 5.78 Å². The van der Waals surface area contributed by atoms with Crippen molar-refractivity contribution in [3.05, 3.63) is 57.4 Å². The first-order valence-corrected chi connectivity index (χ1v) is 9.73. The van der Waals surface area contributed by atoms with Crippen molar-refractivity contribution in [2.24, 2.45) is 0 Å². The minimum absolute atomic E-state index is 0.00975. The molecule has 1 N–H and O–H groups in total. The molecular weight excluding hydrogens is 374 g/mol. The molecule has 0 unspecified atom stereocenters. The van der Waals surface area contributed by atoms with E-state index < -0.39 is 10.9 Å². The Morgan fingerprint density at radius 3 is 2.69 bits per heavy atom. The Kier molecular flexibility index (Phi) is 6.31. The molecule has 0 radical (unpaired) electrons. The molecule has 0 bridgehead atoms. The van der Waals surface area contributed by atoms with Crippen LogP contribution in [0.2, 0.25) is 0 Å². The first-order chi connectivity index (χ1) is 13.9. The number of benzene rings is 1. The van der Waals surface area contributed by atoms with Gasteiger partial charge in [0, 0.05) is 42.0 Å². The number of aryl methyl sites for hydroxylation is 1. The van der Waals surface area contributed by atoms with E-state index in [0.29, 0.717) is 30.3 Å². The van der Waals surface area contributed by atoms with Crippen LogP contribution in [0, 0.1) is 24.0 Å². The van der Waals surface area contributed by atoms with Gasteiger partial charge < -0.3 is 14.6 Å². The number of esters is 1. The van der Waals surface area contributed by atoms with Crippen LogP contribution in [-0.2, 0) is 9.53 Å². The smallest absolute Gasteiger partial charge is 0.306 e. The molecule has 29 heavy (non-hydrogen) atoms. The van der Waals surface area contributed by atoms with E-state index in [9.17, 15) is 19.7 Å². The number of nitrogens with one attached hydrogen (secondary N) is 1. The largest absolute Gasteiger partial charge is 0.457 e. The van der Waals surface area contributed by atoms with Crippen LogP contribution < -0.4 is 5.32 Å². The van der Waals surface area contributed by atoms with Gasteiger partial charge in [0.1, 0.15) is 5.69 Å². The molecule has 0 saturated heterocycles. The van der Waals surface area contributed by atoms with E-state index in [1.807, 2.05) is 19.9 Å². The second-order valence-corrected chi connectivity index (χ2v) is 7.27. The zero-order valence-electron chi connectivity index (χ0n) is 16.6. The van der Waals surface area contributed by atoms with Gasteiger partial charge in [-0.1, -0.05) is 12.1 Å². The summed E-state index contributed by atoms with van der Waals surface area (Å²) in [4.78, 5) is 34.9. The molecule has 3 rings (SSSR count). The number of aromatic nitrogens is 1. The molecule has 1 aromatic heterocycles. The van der Waals surface area contributed by atoms with Crippen molar-refractivity contribution < 1.29 is 19.2 Å². The number of nitrogens with zero attached hydrogens (tertiary/aromatic N) is 2. The summed E-state index contributed by atoms with van der Waals surface area (Å²) in [6.45, 7) is 4.02. The quantitative estimate of drug-likeness (QED) is 0.213. The summed E-state index contributed by atoms with van der Waals surface area (Å²) in [5.41, 5.74) is 3.00. The molecule has 0 aliphatic heterocycles. The van der Waals surface area contributed by atoms with Gasteiger partial charge in [0.15, 0.2) is 6.61 Å². The third kappa shape index (κ3) is 5.01. The monoisotopic (exact) mass is 399 g/mol. The standard InChI is InChI=1S/C21H25N3O5/c1-14-12-17(15(2)23(14)16-9-10-16)20(25)13-29-21(26)8-5-11-22-18-6-3-4-7-19(18)24(27)28/h3-4,6-7,12,16,22H,5,8-11,13H2,1-2H3. The third-order valence-corrected chi connectivity index (χ3v) is 5.03. The number of ketones is 1. The maximum atomic E-state index is 12.4. The minimum atomic E-state index is -0.460. The van der Waals surface area contributed by atoms with Crippen LogP contribution >= 0.6 is 0 Å². The average Bonchev–Trinajstić information content (AvgIpc) is 3.48. The zero-order valence-corrected chi connectivity index (χ0v) is 16.6. The number of Topliss-reactive ketones (excluding diaryl/α,β-unsaturated/α-hetero) is 1. The lowest BCUT2D eigenvalue weighted by Gasteiger charge is -2.08. The maximum absolute atomic E-state index is 12.4. The summed E-state index contributed by atoms with van der Waals surface area (Å²) < 4.78 is 7.30. The number of rotatable bonds is 10. The Morgan fingerprint density at radius 1 is 1.28 bits per heavy atom. The molecule has 0 amide bonds. The lowest BCUT2D eigenvalue weighted by Crippen LogP contribution is -2.15. The fourth-order valence-electron chi connectivity index (χ4n) is 3.49. The highest BCUT2D eigenvalue weighted by atomic mass is 16.6. The Balaban J connectivity index is 1.42. The fourth-order valence-corrected chi connectivity index (χ4v) is 3.49. The Labute approximate surface area is 169 Å². The number of carbonyl (C=O) groups is 2. The molecule has 8 heteroatoms. The number of carbonyl (C=O) groups excluding carboxylic acids is 2. The van der Waals surface area contributed by atoms with Gasteiger partial charge >= 0.3 is 5.97 Å². The highest BCUT2D eigenvalue weighted by Gasteiger charge is 2.28. The Hall–Kier alpha value is -3.16. The summed E-state index contributed by atoms with van der Waals surface area (Å²) in [6.07, 6.45) is 2.84. The van der Waals surface area contributed by atoms with E-state index in [4.69, 9.17) is 4.74 Å². The molecule has 0 spiro atoms. The van der Waals surface area contributed by atoms with E-state index in [0.717, 1.165) is 24.2 Å². The van der Waals surface area contributed by atoms with Gasteiger partial charge in [-0.05, 0) is 45.2 Å². The number of hydrogen-bond acceptors (Lipinski definition) is 6. The molecular formula is C21H25N3O5. The van der Waals surface area contributed by atoms with E-state index >= 15 is 0 Å². The predicted octanol–water partition coefficient (Wildman–Crippen LogP) is 3.97. The van der Waals surface area contributed by atoms with Gasteiger partial charge in [-0.15, -0.1) is 0 Å². The van der Waals surface area contributed by atoms with Crippen molar-refractivity contribution in [1.29, 1.82) is 0 Å². The minimum Gasteiger partial charge on any atom is -0.457 e. The van der Waals surface area contributed by atoms with E-state index in [1.54, 1.807) is 18.2 Å². The van der Waals surface area contributed by atoms with Crippen molar-refractivity contribution in [2.45, 2.75) is 45.6 Å². The summed E-state index contributed by atoms with van der Waals surface area (Å²) in [6, 6.07) is 8.69. The van der Waals surface area contributed by atoms with Crippen LogP contribution in [0.1, 0.15) is 53.5 Å². The van der Waals surface area contributed by atoms with Crippen molar-refractivity contribution in [3.8, 4) is 0 Å². The number of anilines is 1. The summed E-state index contributed by atoms with van der Waals surface area (Å²) >= 11 is 0.